The largest absolute Gasteiger partial charge is 0.478 e. The first-order chi connectivity index (χ1) is 9.61. The highest BCUT2D eigenvalue weighted by Gasteiger charge is 2.11. The number of aromatic carboxylic acids is 1. The number of hydrogen-bond acceptors (Lipinski definition) is 3. The second-order valence-electron chi connectivity index (χ2n) is 4.64. The molecule has 0 bridgehead atoms. The van der Waals surface area contributed by atoms with E-state index in [2.05, 4.69) is 18.8 Å². The van der Waals surface area contributed by atoms with Crippen LogP contribution in [-0.2, 0) is 0 Å². The molecule has 1 aromatic heterocycles. The first-order valence-corrected chi connectivity index (χ1v) is 6.58. The summed E-state index contributed by atoms with van der Waals surface area (Å²) >= 11 is 0. The second-order valence-corrected chi connectivity index (χ2v) is 4.64. The number of carboxylic acids is 1. The van der Waals surface area contributed by atoms with Gasteiger partial charge in [0.25, 0.3) is 0 Å². The number of para-hydroxylation sites is 1. The minimum Gasteiger partial charge on any atom is -0.478 e. The standard InChI is InChI=1S/C16H17NO3/c1-3-11(2)13-6-4-5-7-14(13)20-15-9-8-12(10-17-15)16(18)19/h4-11H,3H2,1-2H3,(H,18,19). The fourth-order valence-electron chi connectivity index (χ4n) is 1.88. The maximum Gasteiger partial charge on any atom is 0.337 e. The van der Waals surface area contributed by atoms with Crippen LogP contribution < -0.4 is 4.74 Å². The maximum absolute atomic E-state index is 10.8. The summed E-state index contributed by atoms with van der Waals surface area (Å²) in [5.74, 6) is 0.553. The Morgan fingerprint density at radius 3 is 2.65 bits per heavy atom. The number of aromatic nitrogens is 1. The third kappa shape index (κ3) is 3.15. The maximum atomic E-state index is 10.8. The van der Waals surface area contributed by atoms with Gasteiger partial charge in [-0.05, 0) is 30.0 Å². The van der Waals surface area contributed by atoms with E-state index in [0.717, 1.165) is 17.7 Å². The molecule has 0 aliphatic rings. The Morgan fingerprint density at radius 1 is 1.30 bits per heavy atom. The fraction of sp³-hybridized carbons (Fsp3) is 0.250. The van der Waals surface area contributed by atoms with Crippen LogP contribution in [0, 0.1) is 0 Å². The fourth-order valence-corrected chi connectivity index (χ4v) is 1.88. The van der Waals surface area contributed by atoms with E-state index in [9.17, 15) is 4.79 Å². The molecule has 0 aliphatic carbocycles. The summed E-state index contributed by atoms with van der Waals surface area (Å²) in [5, 5.41) is 8.83. The lowest BCUT2D eigenvalue weighted by molar-refractivity contribution is 0.0696. The number of nitrogens with zero attached hydrogens (tertiary/aromatic N) is 1. The smallest absolute Gasteiger partial charge is 0.337 e. The molecule has 0 amide bonds. The summed E-state index contributed by atoms with van der Waals surface area (Å²) < 4.78 is 5.76. The van der Waals surface area contributed by atoms with E-state index >= 15 is 0 Å². The van der Waals surface area contributed by atoms with Crippen LogP contribution in [-0.4, -0.2) is 16.1 Å². The molecule has 0 radical (unpaired) electrons. The van der Waals surface area contributed by atoms with Crippen molar-refractivity contribution >= 4 is 5.97 Å². The molecular weight excluding hydrogens is 254 g/mol. The van der Waals surface area contributed by atoms with Gasteiger partial charge in [-0.15, -0.1) is 0 Å². The minimum atomic E-state index is -0.996. The summed E-state index contributed by atoms with van der Waals surface area (Å²) in [6, 6.07) is 10.9. The summed E-state index contributed by atoms with van der Waals surface area (Å²) in [5.41, 5.74) is 1.27. The molecule has 0 spiro atoms. The molecule has 2 aromatic rings. The van der Waals surface area contributed by atoms with E-state index in [1.54, 1.807) is 6.07 Å². The summed E-state index contributed by atoms with van der Waals surface area (Å²) in [6.45, 7) is 4.27. The van der Waals surface area contributed by atoms with Crippen molar-refractivity contribution in [3.63, 3.8) is 0 Å². The topological polar surface area (TPSA) is 59.4 Å². The monoisotopic (exact) mass is 271 g/mol. The molecular formula is C16H17NO3. The van der Waals surface area contributed by atoms with E-state index in [1.165, 1.54) is 12.3 Å². The molecule has 0 aliphatic heterocycles. The minimum absolute atomic E-state index is 0.146. The molecule has 0 saturated carbocycles. The van der Waals surface area contributed by atoms with E-state index in [0.29, 0.717) is 11.8 Å². The highest BCUT2D eigenvalue weighted by Crippen LogP contribution is 2.31. The van der Waals surface area contributed by atoms with Crippen LogP contribution in [0.3, 0.4) is 0 Å². The quantitative estimate of drug-likeness (QED) is 0.890. The van der Waals surface area contributed by atoms with Gasteiger partial charge in [0, 0.05) is 12.3 Å². The van der Waals surface area contributed by atoms with E-state index in [-0.39, 0.29) is 5.56 Å². The lowest BCUT2D eigenvalue weighted by Gasteiger charge is -2.14. The Kier molecular flexibility index (Phi) is 4.35. The zero-order valence-electron chi connectivity index (χ0n) is 11.5. The van der Waals surface area contributed by atoms with Crippen LogP contribution in [0.5, 0.6) is 11.6 Å². The van der Waals surface area contributed by atoms with Crippen molar-refractivity contribution < 1.29 is 14.6 Å². The summed E-state index contributed by atoms with van der Waals surface area (Å²) in [4.78, 5) is 14.8. The van der Waals surface area contributed by atoms with E-state index in [1.807, 2.05) is 24.3 Å². The molecule has 1 N–H and O–H groups in total. The highest BCUT2D eigenvalue weighted by molar-refractivity contribution is 5.87. The lowest BCUT2D eigenvalue weighted by atomic mass is 9.98. The molecule has 1 aromatic carbocycles. The number of rotatable bonds is 5. The van der Waals surface area contributed by atoms with Gasteiger partial charge in [-0.3, -0.25) is 0 Å². The van der Waals surface area contributed by atoms with Crippen LogP contribution >= 0.6 is 0 Å². The summed E-state index contributed by atoms with van der Waals surface area (Å²) in [7, 11) is 0. The number of ether oxygens (including phenoxy) is 1. The van der Waals surface area contributed by atoms with Crippen LogP contribution in [0.25, 0.3) is 0 Å². The van der Waals surface area contributed by atoms with Crippen molar-refractivity contribution in [2.24, 2.45) is 0 Å². The van der Waals surface area contributed by atoms with Crippen molar-refractivity contribution in [2.75, 3.05) is 0 Å². The van der Waals surface area contributed by atoms with Crippen molar-refractivity contribution in [1.29, 1.82) is 0 Å². The van der Waals surface area contributed by atoms with Gasteiger partial charge in [-0.1, -0.05) is 32.0 Å². The van der Waals surface area contributed by atoms with Gasteiger partial charge in [0.05, 0.1) is 5.56 Å². The lowest BCUT2D eigenvalue weighted by Crippen LogP contribution is -1.99. The van der Waals surface area contributed by atoms with E-state index < -0.39 is 5.97 Å². The van der Waals surface area contributed by atoms with Gasteiger partial charge in [-0.25, -0.2) is 9.78 Å². The molecule has 1 unspecified atom stereocenters. The third-order valence-corrected chi connectivity index (χ3v) is 3.26. The zero-order valence-corrected chi connectivity index (χ0v) is 11.5. The first kappa shape index (κ1) is 14.1. The number of carboxylic acid groups (broad SMARTS) is 1. The molecule has 1 atom stereocenters. The average Bonchev–Trinajstić information content (AvgIpc) is 2.47. The van der Waals surface area contributed by atoms with Crippen molar-refractivity contribution in [3.05, 3.63) is 53.7 Å². The predicted octanol–water partition coefficient (Wildman–Crippen LogP) is 4.09. The molecule has 0 saturated heterocycles. The highest BCUT2D eigenvalue weighted by atomic mass is 16.5. The Labute approximate surface area is 118 Å². The third-order valence-electron chi connectivity index (χ3n) is 3.26. The first-order valence-electron chi connectivity index (χ1n) is 6.58. The Bertz CT molecular complexity index is 593. The van der Waals surface area contributed by atoms with E-state index in [4.69, 9.17) is 9.84 Å². The second kappa shape index (κ2) is 6.19. The molecule has 4 nitrogen and oxygen atoms in total. The molecule has 4 heteroatoms. The Balaban J connectivity index is 2.23. The van der Waals surface area contributed by atoms with Gasteiger partial charge < -0.3 is 9.84 Å². The number of benzene rings is 1. The molecule has 0 fully saturated rings. The number of carbonyl (C=O) groups is 1. The van der Waals surface area contributed by atoms with Gasteiger partial charge in [0.15, 0.2) is 0 Å². The van der Waals surface area contributed by atoms with Gasteiger partial charge >= 0.3 is 5.97 Å². The van der Waals surface area contributed by atoms with Crippen molar-refractivity contribution in [3.8, 4) is 11.6 Å². The van der Waals surface area contributed by atoms with Gasteiger partial charge in [0.2, 0.25) is 5.88 Å². The van der Waals surface area contributed by atoms with Crippen molar-refractivity contribution in [2.45, 2.75) is 26.2 Å². The summed E-state index contributed by atoms with van der Waals surface area (Å²) in [6.07, 6.45) is 2.31. The van der Waals surface area contributed by atoms with Gasteiger partial charge in [0.1, 0.15) is 5.75 Å². The Hall–Kier alpha value is -2.36. The van der Waals surface area contributed by atoms with Crippen LogP contribution in [0.15, 0.2) is 42.6 Å². The SMILES string of the molecule is CCC(C)c1ccccc1Oc1ccc(C(=O)O)cn1. The molecule has 2 rings (SSSR count). The zero-order chi connectivity index (χ0) is 14.5. The Morgan fingerprint density at radius 2 is 2.05 bits per heavy atom. The van der Waals surface area contributed by atoms with Crippen LogP contribution in [0.1, 0.15) is 42.1 Å². The molecule has 20 heavy (non-hydrogen) atoms. The van der Waals surface area contributed by atoms with Crippen LogP contribution in [0.4, 0.5) is 0 Å². The molecule has 104 valence electrons. The normalized spacial score (nSPS) is 11.9. The van der Waals surface area contributed by atoms with Crippen molar-refractivity contribution in [1.82, 2.24) is 4.98 Å². The van der Waals surface area contributed by atoms with Crippen LogP contribution in [0.2, 0.25) is 0 Å². The van der Waals surface area contributed by atoms with Gasteiger partial charge in [-0.2, -0.15) is 0 Å². The predicted molar refractivity (Wildman–Crippen MR) is 76.4 cm³/mol. The number of pyridine rings is 1. The number of hydrogen-bond donors (Lipinski definition) is 1. The molecule has 1 heterocycles. The average molecular weight is 271 g/mol.